The predicted molar refractivity (Wildman–Crippen MR) is 100.0 cm³/mol. The first kappa shape index (κ1) is 16.1. The van der Waals surface area contributed by atoms with Gasteiger partial charge in [0.15, 0.2) is 0 Å². The number of ether oxygens (including phenoxy) is 2. The number of hydrogen-bond donors (Lipinski definition) is 0. The van der Waals surface area contributed by atoms with Crippen molar-refractivity contribution in [2.24, 2.45) is 4.99 Å². The molecule has 3 nitrogen and oxygen atoms in total. The van der Waals surface area contributed by atoms with Crippen molar-refractivity contribution >= 4 is 22.7 Å². The zero-order valence-corrected chi connectivity index (χ0v) is 14.0. The summed E-state index contributed by atoms with van der Waals surface area (Å²) in [6.45, 7) is 2.80. The molecule has 3 heteroatoms. The second kappa shape index (κ2) is 7.64. The summed E-state index contributed by atoms with van der Waals surface area (Å²) in [6, 6.07) is 20.1. The molecule has 3 aromatic rings. The fourth-order valence-corrected chi connectivity index (χ4v) is 2.55. The van der Waals surface area contributed by atoms with Crippen molar-refractivity contribution in [3.8, 4) is 11.5 Å². The summed E-state index contributed by atoms with van der Waals surface area (Å²) in [5.41, 5.74) is 1.89. The highest BCUT2D eigenvalue weighted by Crippen LogP contribution is 2.28. The van der Waals surface area contributed by atoms with Crippen LogP contribution in [-0.2, 0) is 0 Å². The summed E-state index contributed by atoms with van der Waals surface area (Å²) in [5.74, 6) is 1.69. The van der Waals surface area contributed by atoms with Gasteiger partial charge in [-0.15, -0.1) is 0 Å². The second-order valence-corrected chi connectivity index (χ2v) is 5.50. The number of methoxy groups -OCH3 is 1. The number of benzene rings is 3. The zero-order chi connectivity index (χ0) is 16.8. The van der Waals surface area contributed by atoms with Crippen molar-refractivity contribution in [2.75, 3.05) is 13.7 Å². The molecule has 0 N–H and O–H groups in total. The van der Waals surface area contributed by atoms with Gasteiger partial charge in [0, 0.05) is 11.8 Å². The molecule has 3 aromatic carbocycles. The maximum atomic E-state index is 5.91. The Balaban J connectivity index is 1.99. The minimum absolute atomic E-state index is 0.696. The van der Waals surface area contributed by atoms with Crippen LogP contribution >= 0.6 is 0 Å². The van der Waals surface area contributed by atoms with Crippen LogP contribution < -0.4 is 9.47 Å². The fraction of sp³-hybridized carbons (Fsp3) is 0.190. The van der Waals surface area contributed by atoms with Gasteiger partial charge in [-0.3, -0.25) is 4.99 Å². The van der Waals surface area contributed by atoms with Gasteiger partial charge in [-0.05, 0) is 47.5 Å². The molecular formula is C21H21NO2. The second-order valence-electron chi connectivity index (χ2n) is 5.50. The number of aliphatic imine (C=N–C) groups is 1. The quantitative estimate of drug-likeness (QED) is 0.570. The standard InChI is InChI=1S/C21H21NO2/c1-3-14-24-21-13-8-16-6-4-5-7-19(16)20(21)15-22-17-9-11-18(23-2)12-10-17/h4-13,15H,3,14H2,1-2H3. The van der Waals surface area contributed by atoms with E-state index >= 15 is 0 Å². The lowest BCUT2D eigenvalue weighted by Gasteiger charge is -2.11. The molecule has 0 aromatic heterocycles. The Kier molecular flexibility index (Phi) is 5.12. The molecule has 122 valence electrons. The van der Waals surface area contributed by atoms with Gasteiger partial charge in [0.25, 0.3) is 0 Å². The van der Waals surface area contributed by atoms with Crippen molar-refractivity contribution in [1.29, 1.82) is 0 Å². The SMILES string of the molecule is CCCOc1ccc2ccccc2c1C=Nc1ccc(OC)cc1. The molecule has 0 amide bonds. The number of hydrogen-bond acceptors (Lipinski definition) is 3. The van der Waals surface area contributed by atoms with E-state index < -0.39 is 0 Å². The molecule has 0 spiro atoms. The molecule has 0 aliphatic heterocycles. The van der Waals surface area contributed by atoms with Crippen molar-refractivity contribution in [2.45, 2.75) is 13.3 Å². The molecule has 0 saturated heterocycles. The van der Waals surface area contributed by atoms with E-state index in [0.717, 1.165) is 34.6 Å². The van der Waals surface area contributed by atoms with Crippen LogP contribution in [0, 0.1) is 0 Å². The first-order valence-electron chi connectivity index (χ1n) is 8.14. The Labute approximate surface area is 142 Å². The zero-order valence-electron chi connectivity index (χ0n) is 14.0. The van der Waals surface area contributed by atoms with E-state index in [1.54, 1.807) is 7.11 Å². The van der Waals surface area contributed by atoms with Crippen LogP contribution in [0.4, 0.5) is 5.69 Å². The molecule has 0 aliphatic carbocycles. The normalized spacial score (nSPS) is 11.1. The van der Waals surface area contributed by atoms with Crippen molar-refractivity contribution in [3.05, 3.63) is 66.2 Å². The number of rotatable bonds is 6. The summed E-state index contributed by atoms with van der Waals surface area (Å²) >= 11 is 0. The fourth-order valence-electron chi connectivity index (χ4n) is 2.55. The van der Waals surface area contributed by atoms with E-state index in [1.165, 1.54) is 5.39 Å². The predicted octanol–water partition coefficient (Wildman–Crippen LogP) is 5.39. The Bertz CT molecular complexity index is 838. The first-order chi connectivity index (χ1) is 11.8. The highest BCUT2D eigenvalue weighted by Gasteiger charge is 2.07. The Morgan fingerprint density at radius 1 is 0.958 bits per heavy atom. The number of nitrogens with zero attached hydrogens (tertiary/aromatic N) is 1. The molecule has 0 bridgehead atoms. The van der Waals surface area contributed by atoms with Gasteiger partial charge in [0.1, 0.15) is 11.5 Å². The van der Waals surface area contributed by atoms with Crippen molar-refractivity contribution < 1.29 is 9.47 Å². The lowest BCUT2D eigenvalue weighted by atomic mass is 10.0. The molecule has 0 atom stereocenters. The largest absolute Gasteiger partial charge is 0.497 e. The number of fused-ring (bicyclic) bond motifs is 1. The van der Waals surface area contributed by atoms with Gasteiger partial charge in [-0.1, -0.05) is 37.3 Å². The minimum atomic E-state index is 0.696. The maximum Gasteiger partial charge on any atom is 0.128 e. The minimum Gasteiger partial charge on any atom is -0.497 e. The molecule has 3 rings (SSSR count). The first-order valence-corrected chi connectivity index (χ1v) is 8.14. The molecule has 0 radical (unpaired) electrons. The van der Waals surface area contributed by atoms with Gasteiger partial charge in [0.2, 0.25) is 0 Å². The third-order valence-electron chi connectivity index (χ3n) is 3.81. The van der Waals surface area contributed by atoms with E-state index in [0.29, 0.717) is 6.61 Å². The van der Waals surface area contributed by atoms with Crippen LogP contribution in [0.2, 0.25) is 0 Å². The molecule has 24 heavy (non-hydrogen) atoms. The van der Waals surface area contributed by atoms with Crippen LogP contribution in [0.15, 0.2) is 65.7 Å². The van der Waals surface area contributed by atoms with Crippen LogP contribution in [-0.4, -0.2) is 19.9 Å². The van der Waals surface area contributed by atoms with Crippen LogP contribution in [0.25, 0.3) is 10.8 Å². The van der Waals surface area contributed by atoms with Gasteiger partial charge in [-0.25, -0.2) is 0 Å². The topological polar surface area (TPSA) is 30.8 Å². The average Bonchev–Trinajstić information content (AvgIpc) is 2.65. The summed E-state index contributed by atoms with van der Waals surface area (Å²) in [7, 11) is 1.66. The molecule has 0 aliphatic rings. The molecule has 0 unspecified atom stereocenters. The Hall–Kier alpha value is -2.81. The van der Waals surface area contributed by atoms with Crippen molar-refractivity contribution in [3.63, 3.8) is 0 Å². The van der Waals surface area contributed by atoms with Crippen LogP contribution in [0.1, 0.15) is 18.9 Å². The lowest BCUT2D eigenvalue weighted by molar-refractivity contribution is 0.317. The van der Waals surface area contributed by atoms with Gasteiger partial charge < -0.3 is 9.47 Å². The Morgan fingerprint density at radius 3 is 2.50 bits per heavy atom. The van der Waals surface area contributed by atoms with Gasteiger partial charge in [-0.2, -0.15) is 0 Å². The van der Waals surface area contributed by atoms with Crippen LogP contribution in [0.3, 0.4) is 0 Å². The summed E-state index contributed by atoms with van der Waals surface area (Å²) in [5, 5.41) is 2.32. The summed E-state index contributed by atoms with van der Waals surface area (Å²) < 4.78 is 11.1. The van der Waals surface area contributed by atoms with Gasteiger partial charge in [0.05, 0.1) is 19.4 Å². The van der Waals surface area contributed by atoms with E-state index in [9.17, 15) is 0 Å². The molecule has 0 saturated carbocycles. The van der Waals surface area contributed by atoms with E-state index in [-0.39, 0.29) is 0 Å². The Morgan fingerprint density at radius 2 is 1.75 bits per heavy atom. The maximum absolute atomic E-state index is 5.91. The average molecular weight is 319 g/mol. The third kappa shape index (κ3) is 3.57. The lowest BCUT2D eigenvalue weighted by Crippen LogP contribution is -1.99. The van der Waals surface area contributed by atoms with E-state index in [2.05, 4.69) is 30.1 Å². The third-order valence-corrected chi connectivity index (χ3v) is 3.81. The highest BCUT2D eigenvalue weighted by atomic mass is 16.5. The van der Waals surface area contributed by atoms with Crippen molar-refractivity contribution in [1.82, 2.24) is 0 Å². The van der Waals surface area contributed by atoms with Gasteiger partial charge >= 0.3 is 0 Å². The smallest absolute Gasteiger partial charge is 0.128 e. The highest BCUT2D eigenvalue weighted by molar-refractivity contribution is 6.03. The van der Waals surface area contributed by atoms with E-state index in [1.807, 2.05) is 48.7 Å². The van der Waals surface area contributed by atoms with E-state index in [4.69, 9.17) is 9.47 Å². The summed E-state index contributed by atoms with van der Waals surface area (Å²) in [4.78, 5) is 4.61. The molecule has 0 heterocycles. The monoisotopic (exact) mass is 319 g/mol. The summed E-state index contributed by atoms with van der Waals surface area (Å²) in [6.07, 6.45) is 2.86. The molecule has 0 fully saturated rings. The van der Waals surface area contributed by atoms with Crippen LogP contribution in [0.5, 0.6) is 11.5 Å². The molecular weight excluding hydrogens is 298 g/mol.